The molecule has 0 aromatic carbocycles. The topological polar surface area (TPSA) is 29.3 Å². The molecule has 15 heavy (non-hydrogen) atoms. The maximum Gasteiger partial charge on any atom is 0.00469 e. The van der Waals surface area contributed by atoms with Gasteiger partial charge in [-0.1, -0.05) is 20.8 Å². The minimum Gasteiger partial charge on any atom is -0.330 e. The summed E-state index contributed by atoms with van der Waals surface area (Å²) in [7, 11) is 2.25. The molecule has 0 radical (unpaired) electrons. The van der Waals surface area contributed by atoms with Gasteiger partial charge in [-0.15, -0.1) is 0 Å². The fraction of sp³-hybridized carbons (Fsp3) is 1.00. The zero-order valence-corrected chi connectivity index (χ0v) is 10.9. The second-order valence-corrected chi connectivity index (χ2v) is 5.58. The Kier molecular flexibility index (Phi) is 4.60. The molecule has 0 aromatic heterocycles. The van der Waals surface area contributed by atoms with Crippen LogP contribution >= 0.6 is 0 Å². The molecule has 0 aromatic rings. The van der Waals surface area contributed by atoms with Gasteiger partial charge in [-0.3, -0.25) is 0 Å². The highest BCUT2D eigenvalue weighted by Gasteiger charge is 2.34. The molecule has 0 spiro atoms. The zero-order valence-electron chi connectivity index (χ0n) is 10.9. The van der Waals surface area contributed by atoms with Crippen molar-refractivity contribution in [3.8, 4) is 0 Å². The summed E-state index contributed by atoms with van der Waals surface area (Å²) in [4.78, 5) is 2.49. The molecule has 0 bridgehead atoms. The molecule has 2 N–H and O–H groups in total. The van der Waals surface area contributed by atoms with Crippen LogP contribution in [-0.4, -0.2) is 31.6 Å². The summed E-state index contributed by atoms with van der Waals surface area (Å²) in [6.45, 7) is 10.1. The van der Waals surface area contributed by atoms with Gasteiger partial charge in [-0.05, 0) is 50.1 Å². The lowest BCUT2D eigenvalue weighted by molar-refractivity contribution is 0.161. The molecule has 90 valence electrons. The molecule has 0 saturated heterocycles. The van der Waals surface area contributed by atoms with Crippen LogP contribution in [0.15, 0.2) is 0 Å². The van der Waals surface area contributed by atoms with Gasteiger partial charge in [0.1, 0.15) is 0 Å². The molecule has 1 saturated carbocycles. The third-order valence-electron chi connectivity index (χ3n) is 4.36. The number of rotatable bonds is 7. The summed E-state index contributed by atoms with van der Waals surface area (Å²) in [5.74, 6) is 1.92. The van der Waals surface area contributed by atoms with Gasteiger partial charge in [0.25, 0.3) is 0 Å². The first-order valence-electron chi connectivity index (χ1n) is 6.45. The summed E-state index contributed by atoms with van der Waals surface area (Å²) < 4.78 is 0. The molecule has 1 aliphatic rings. The molecule has 0 heterocycles. The Morgan fingerprint density at radius 3 is 2.20 bits per heavy atom. The Balaban J connectivity index is 2.36. The first kappa shape index (κ1) is 13.0. The molecule has 0 aliphatic heterocycles. The Morgan fingerprint density at radius 1 is 1.33 bits per heavy atom. The molecule has 1 rings (SSSR count). The van der Waals surface area contributed by atoms with E-state index in [9.17, 15) is 0 Å². The van der Waals surface area contributed by atoms with E-state index in [4.69, 9.17) is 5.73 Å². The van der Waals surface area contributed by atoms with Gasteiger partial charge < -0.3 is 10.6 Å². The van der Waals surface area contributed by atoms with E-state index in [1.807, 2.05) is 0 Å². The molecular weight excluding hydrogens is 184 g/mol. The highest BCUT2D eigenvalue weighted by Crippen LogP contribution is 2.38. The fourth-order valence-electron chi connectivity index (χ4n) is 2.52. The van der Waals surface area contributed by atoms with Gasteiger partial charge in [0.15, 0.2) is 0 Å². The van der Waals surface area contributed by atoms with Crippen molar-refractivity contribution in [2.75, 3.05) is 26.7 Å². The van der Waals surface area contributed by atoms with E-state index in [0.717, 1.165) is 18.4 Å². The minimum atomic E-state index is 0.354. The average molecular weight is 212 g/mol. The predicted molar refractivity (Wildman–Crippen MR) is 66.8 cm³/mol. The zero-order chi connectivity index (χ0) is 11.5. The van der Waals surface area contributed by atoms with E-state index < -0.39 is 0 Å². The monoisotopic (exact) mass is 212 g/mol. The standard InChI is InChI=1S/C13H28N2/c1-5-13(6-2,9-14)10-15(4)8-12-7-11(12)3/h11-12H,5-10,14H2,1-4H3. The second-order valence-electron chi connectivity index (χ2n) is 5.58. The van der Waals surface area contributed by atoms with Crippen molar-refractivity contribution in [3.63, 3.8) is 0 Å². The average Bonchev–Trinajstić information content (AvgIpc) is 2.91. The van der Waals surface area contributed by atoms with Crippen LogP contribution in [0, 0.1) is 17.3 Å². The van der Waals surface area contributed by atoms with Crippen molar-refractivity contribution in [2.45, 2.75) is 40.0 Å². The maximum atomic E-state index is 5.92. The van der Waals surface area contributed by atoms with Crippen molar-refractivity contribution in [1.29, 1.82) is 0 Å². The minimum absolute atomic E-state index is 0.354. The van der Waals surface area contributed by atoms with Crippen molar-refractivity contribution in [1.82, 2.24) is 4.90 Å². The molecule has 2 nitrogen and oxygen atoms in total. The van der Waals surface area contributed by atoms with E-state index in [2.05, 4.69) is 32.7 Å². The smallest absolute Gasteiger partial charge is 0.00469 e. The first-order valence-corrected chi connectivity index (χ1v) is 6.45. The lowest BCUT2D eigenvalue weighted by atomic mass is 9.82. The lowest BCUT2D eigenvalue weighted by Crippen LogP contribution is -2.41. The van der Waals surface area contributed by atoms with E-state index >= 15 is 0 Å². The molecule has 1 aliphatic carbocycles. The number of hydrogen-bond donors (Lipinski definition) is 1. The Hall–Kier alpha value is -0.0800. The fourth-order valence-corrected chi connectivity index (χ4v) is 2.52. The molecule has 2 unspecified atom stereocenters. The van der Waals surface area contributed by atoms with Crippen LogP contribution in [0.1, 0.15) is 40.0 Å². The van der Waals surface area contributed by atoms with Crippen LogP contribution in [0.4, 0.5) is 0 Å². The van der Waals surface area contributed by atoms with Gasteiger partial charge >= 0.3 is 0 Å². The summed E-state index contributed by atoms with van der Waals surface area (Å²) in [6.07, 6.45) is 3.83. The third kappa shape index (κ3) is 3.46. The molecular formula is C13H28N2. The molecule has 1 fully saturated rings. The van der Waals surface area contributed by atoms with Gasteiger partial charge in [0.05, 0.1) is 0 Å². The lowest BCUT2D eigenvalue weighted by Gasteiger charge is -2.34. The van der Waals surface area contributed by atoms with E-state index in [1.54, 1.807) is 0 Å². The normalized spacial score (nSPS) is 26.0. The van der Waals surface area contributed by atoms with Crippen LogP contribution in [0.2, 0.25) is 0 Å². The highest BCUT2D eigenvalue weighted by molar-refractivity contribution is 4.87. The van der Waals surface area contributed by atoms with Gasteiger partial charge in [-0.2, -0.15) is 0 Å². The number of nitrogens with zero attached hydrogens (tertiary/aromatic N) is 1. The van der Waals surface area contributed by atoms with Gasteiger partial charge in [0.2, 0.25) is 0 Å². The third-order valence-corrected chi connectivity index (χ3v) is 4.36. The number of nitrogens with two attached hydrogens (primary N) is 1. The van der Waals surface area contributed by atoms with E-state index in [1.165, 1.54) is 32.4 Å². The van der Waals surface area contributed by atoms with Crippen LogP contribution in [0.3, 0.4) is 0 Å². The quantitative estimate of drug-likeness (QED) is 0.702. The summed E-state index contributed by atoms with van der Waals surface area (Å²) in [5.41, 5.74) is 6.28. The largest absolute Gasteiger partial charge is 0.330 e. The summed E-state index contributed by atoms with van der Waals surface area (Å²) >= 11 is 0. The van der Waals surface area contributed by atoms with Crippen molar-refractivity contribution >= 4 is 0 Å². The Labute approximate surface area is 95.2 Å². The predicted octanol–water partition coefficient (Wildman–Crippen LogP) is 2.34. The maximum absolute atomic E-state index is 5.92. The first-order chi connectivity index (χ1) is 7.06. The van der Waals surface area contributed by atoms with Crippen molar-refractivity contribution in [2.24, 2.45) is 23.0 Å². The number of hydrogen-bond acceptors (Lipinski definition) is 2. The van der Waals surface area contributed by atoms with Crippen LogP contribution in [0.25, 0.3) is 0 Å². The SMILES string of the molecule is CCC(CC)(CN)CN(C)CC1CC1C. The molecule has 2 heteroatoms. The van der Waals surface area contributed by atoms with E-state index in [-0.39, 0.29) is 0 Å². The highest BCUT2D eigenvalue weighted by atomic mass is 15.1. The summed E-state index contributed by atoms with van der Waals surface area (Å²) in [6, 6.07) is 0. The summed E-state index contributed by atoms with van der Waals surface area (Å²) in [5, 5.41) is 0. The van der Waals surface area contributed by atoms with Crippen LogP contribution < -0.4 is 5.73 Å². The van der Waals surface area contributed by atoms with Crippen molar-refractivity contribution < 1.29 is 0 Å². The van der Waals surface area contributed by atoms with Gasteiger partial charge in [0, 0.05) is 13.1 Å². The van der Waals surface area contributed by atoms with Crippen LogP contribution in [-0.2, 0) is 0 Å². The van der Waals surface area contributed by atoms with E-state index in [0.29, 0.717) is 5.41 Å². The molecule has 0 amide bonds. The van der Waals surface area contributed by atoms with Crippen LogP contribution in [0.5, 0.6) is 0 Å². The second kappa shape index (κ2) is 5.31. The van der Waals surface area contributed by atoms with Crippen molar-refractivity contribution in [3.05, 3.63) is 0 Å². The Bertz CT molecular complexity index is 179. The van der Waals surface area contributed by atoms with Gasteiger partial charge in [-0.25, -0.2) is 0 Å². The Morgan fingerprint density at radius 2 is 1.87 bits per heavy atom. The molecule has 2 atom stereocenters.